The van der Waals surface area contributed by atoms with Crippen LogP contribution in [0.2, 0.25) is 0 Å². The highest BCUT2D eigenvalue weighted by Gasteiger charge is 2.06. The number of hydrogen-bond donors (Lipinski definition) is 3. The van der Waals surface area contributed by atoms with Crippen molar-refractivity contribution in [1.82, 2.24) is 9.97 Å². The molecule has 0 saturated heterocycles. The fourth-order valence-electron chi connectivity index (χ4n) is 2.09. The summed E-state index contributed by atoms with van der Waals surface area (Å²) in [6.45, 7) is 0. The van der Waals surface area contributed by atoms with Gasteiger partial charge in [-0.05, 0) is 23.8 Å². The van der Waals surface area contributed by atoms with Crippen LogP contribution < -0.4 is 11.1 Å². The number of nitrogen functional groups attached to an aromatic ring is 1. The molecule has 0 aliphatic carbocycles. The molecule has 0 saturated carbocycles. The Morgan fingerprint density at radius 3 is 2.80 bits per heavy atom. The van der Waals surface area contributed by atoms with Crippen LogP contribution in [-0.4, -0.2) is 15.9 Å². The summed E-state index contributed by atoms with van der Waals surface area (Å²) in [6, 6.07) is 15.1. The van der Waals surface area contributed by atoms with E-state index in [9.17, 15) is 4.79 Å². The van der Waals surface area contributed by atoms with Crippen LogP contribution in [0.4, 0.5) is 11.6 Å². The highest BCUT2D eigenvalue weighted by molar-refractivity contribution is 5.94. The minimum atomic E-state index is -0.0527. The average molecular weight is 266 g/mol. The van der Waals surface area contributed by atoms with Gasteiger partial charge in [0.15, 0.2) is 5.95 Å². The first-order chi connectivity index (χ1) is 9.70. The Hall–Kier alpha value is -2.82. The van der Waals surface area contributed by atoms with Crippen LogP contribution in [0.1, 0.15) is 5.56 Å². The van der Waals surface area contributed by atoms with Crippen molar-refractivity contribution in [2.45, 2.75) is 6.42 Å². The van der Waals surface area contributed by atoms with Crippen LogP contribution in [0, 0.1) is 0 Å². The second-order valence-corrected chi connectivity index (χ2v) is 4.56. The van der Waals surface area contributed by atoms with Gasteiger partial charge in [0.2, 0.25) is 5.91 Å². The fourth-order valence-corrected chi connectivity index (χ4v) is 2.09. The number of aromatic nitrogens is 2. The van der Waals surface area contributed by atoms with Crippen LogP contribution in [-0.2, 0) is 11.2 Å². The van der Waals surface area contributed by atoms with Crippen molar-refractivity contribution >= 4 is 28.6 Å². The second-order valence-electron chi connectivity index (χ2n) is 4.56. The summed E-state index contributed by atoms with van der Waals surface area (Å²) in [7, 11) is 0. The van der Waals surface area contributed by atoms with Crippen molar-refractivity contribution < 1.29 is 4.79 Å². The number of rotatable bonds is 3. The first-order valence-corrected chi connectivity index (χ1v) is 6.30. The third-order valence-corrected chi connectivity index (χ3v) is 2.99. The molecule has 0 aliphatic heterocycles. The number of anilines is 2. The monoisotopic (exact) mass is 266 g/mol. The SMILES string of the molecule is Nc1nc2ccc(NC(=O)Cc3ccccc3)cc2[nH]1. The molecule has 3 aromatic rings. The summed E-state index contributed by atoms with van der Waals surface area (Å²) in [6.07, 6.45) is 0.351. The Morgan fingerprint density at radius 1 is 1.20 bits per heavy atom. The summed E-state index contributed by atoms with van der Waals surface area (Å²) in [4.78, 5) is 19.0. The van der Waals surface area contributed by atoms with E-state index in [0.717, 1.165) is 22.3 Å². The van der Waals surface area contributed by atoms with Gasteiger partial charge in [-0.2, -0.15) is 0 Å². The molecule has 3 rings (SSSR count). The Balaban J connectivity index is 1.74. The minimum Gasteiger partial charge on any atom is -0.369 e. The summed E-state index contributed by atoms with van der Waals surface area (Å²) >= 11 is 0. The smallest absolute Gasteiger partial charge is 0.228 e. The molecule has 0 fully saturated rings. The van der Waals surface area contributed by atoms with Gasteiger partial charge >= 0.3 is 0 Å². The molecule has 0 radical (unpaired) electrons. The highest BCUT2D eigenvalue weighted by Crippen LogP contribution is 2.18. The van der Waals surface area contributed by atoms with Crippen LogP contribution in [0.3, 0.4) is 0 Å². The number of nitrogens with two attached hydrogens (primary N) is 1. The number of amides is 1. The molecule has 0 atom stereocenters. The first-order valence-electron chi connectivity index (χ1n) is 6.30. The van der Waals surface area contributed by atoms with Gasteiger partial charge in [0, 0.05) is 5.69 Å². The Bertz CT molecular complexity index is 749. The van der Waals surface area contributed by atoms with Crippen LogP contribution in [0.5, 0.6) is 0 Å². The third-order valence-electron chi connectivity index (χ3n) is 2.99. The number of carbonyl (C=O) groups is 1. The lowest BCUT2D eigenvalue weighted by atomic mass is 10.1. The van der Waals surface area contributed by atoms with E-state index >= 15 is 0 Å². The lowest BCUT2D eigenvalue weighted by molar-refractivity contribution is -0.115. The number of carbonyl (C=O) groups excluding carboxylic acids is 1. The van der Waals surface area contributed by atoms with E-state index in [1.807, 2.05) is 48.5 Å². The Morgan fingerprint density at radius 2 is 2.00 bits per heavy atom. The van der Waals surface area contributed by atoms with Crippen LogP contribution >= 0.6 is 0 Å². The van der Waals surface area contributed by atoms with E-state index in [-0.39, 0.29) is 5.91 Å². The molecular formula is C15H14N4O. The zero-order valence-corrected chi connectivity index (χ0v) is 10.8. The molecule has 100 valence electrons. The number of nitrogens with zero attached hydrogens (tertiary/aromatic N) is 1. The van der Waals surface area contributed by atoms with Crippen molar-refractivity contribution in [3.05, 3.63) is 54.1 Å². The van der Waals surface area contributed by atoms with E-state index in [1.54, 1.807) is 0 Å². The molecular weight excluding hydrogens is 252 g/mol. The largest absolute Gasteiger partial charge is 0.369 e. The number of H-pyrrole nitrogens is 1. The predicted molar refractivity (Wildman–Crippen MR) is 79.3 cm³/mol. The maximum absolute atomic E-state index is 12.0. The molecule has 0 bridgehead atoms. The highest BCUT2D eigenvalue weighted by atomic mass is 16.1. The van der Waals surface area contributed by atoms with Gasteiger partial charge in [-0.1, -0.05) is 30.3 Å². The normalized spacial score (nSPS) is 10.6. The molecule has 20 heavy (non-hydrogen) atoms. The minimum absolute atomic E-state index is 0.0527. The third kappa shape index (κ3) is 2.61. The van der Waals surface area contributed by atoms with Crippen molar-refractivity contribution in [3.8, 4) is 0 Å². The number of aromatic amines is 1. The lowest BCUT2D eigenvalue weighted by Gasteiger charge is -2.05. The Labute approximate surface area is 115 Å². The second kappa shape index (κ2) is 5.05. The maximum atomic E-state index is 12.0. The summed E-state index contributed by atoms with van der Waals surface area (Å²) in [5.74, 6) is 0.316. The zero-order valence-electron chi connectivity index (χ0n) is 10.8. The zero-order chi connectivity index (χ0) is 13.9. The summed E-state index contributed by atoms with van der Waals surface area (Å²) in [5.41, 5.74) is 8.88. The molecule has 2 aromatic carbocycles. The van der Waals surface area contributed by atoms with Gasteiger partial charge < -0.3 is 16.0 Å². The first kappa shape index (κ1) is 12.2. The molecule has 1 amide bonds. The maximum Gasteiger partial charge on any atom is 0.228 e. The van der Waals surface area contributed by atoms with E-state index in [1.165, 1.54) is 0 Å². The van der Waals surface area contributed by atoms with Gasteiger partial charge in [-0.25, -0.2) is 4.98 Å². The number of imidazole rings is 1. The van der Waals surface area contributed by atoms with Crippen molar-refractivity contribution in [3.63, 3.8) is 0 Å². The van der Waals surface area contributed by atoms with Crippen molar-refractivity contribution in [2.24, 2.45) is 0 Å². The molecule has 4 N–H and O–H groups in total. The lowest BCUT2D eigenvalue weighted by Crippen LogP contribution is -2.14. The van der Waals surface area contributed by atoms with Crippen molar-refractivity contribution in [2.75, 3.05) is 11.1 Å². The molecule has 0 aliphatic rings. The van der Waals surface area contributed by atoms with Gasteiger partial charge in [0.25, 0.3) is 0 Å². The molecule has 5 heteroatoms. The van der Waals surface area contributed by atoms with Gasteiger partial charge in [0.05, 0.1) is 17.5 Å². The van der Waals surface area contributed by atoms with Crippen LogP contribution in [0.25, 0.3) is 11.0 Å². The van der Waals surface area contributed by atoms with E-state index in [4.69, 9.17) is 5.73 Å². The fraction of sp³-hybridized carbons (Fsp3) is 0.0667. The summed E-state index contributed by atoms with van der Waals surface area (Å²) < 4.78 is 0. The molecule has 1 heterocycles. The number of benzene rings is 2. The molecule has 0 spiro atoms. The Kier molecular flexibility index (Phi) is 3.09. The predicted octanol–water partition coefficient (Wildman–Crippen LogP) is 2.33. The number of fused-ring (bicyclic) bond motifs is 1. The topological polar surface area (TPSA) is 83.8 Å². The average Bonchev–Trinajstić information content (AvgIpc) is 2.79. The quantitative estimate of drug-likeness (QED) is 0.680. The van der Waals surface area contributed by atoms with E-state index in [2.05, 4.69) is 15.3 Å². The van der Waals surface area contributed by atoms with Crippen LogP contribution in [0.15, 0.2) is 48.5 Å². The summed E-state index contributed by atoms with van der Waals surface area (Å²) in [5, 5.41) is 2.86. The van der Waals surface area contributed by atoms with Gasteiger partial charge in [-0.3, -0.25) is 4.79 Å². The van der Waals surface area contributed by atoms with Gasteiger partial charge in [0.1, 0.15) is 0 Å². The van der Waals surface area contributed by atoms with Crippen molar-refractivity contribution in [1.29, 1.82) is 0 Å². The van der Waals surface area contributed by atoms with E-state index < -0.39 is 0 Å². The van der Waals surface area contributed by atoms with E-state index in [0.29, 0.717) is 12.4 Å². The molecule has 1 aromatic heterocycles. The molecule has 0 unspecified atom stereocenters. The standard InChI is InChI=1S/C15H14N4O/c16-15-18-12-7-6-11(9-13(12)19-15)17-14(20)8-10-4-2-1-3-5-10/h1-7,9H,8H2,(H,17,20)(H3,16,18,19). The molecule has 5 nitrogen and oxygen atoms in total. The number of hydrogen-bond acceptors (Lipinski definition) is 3. The number of nitrogens with one attached hydrogen (secondary N) is 2. The van der Waals surface area contributed by atoms with Gasteiger partial charge in [-0.15, -0.1) is 0 Å².